The van der Waals surface area contributed by atoms with E-state index in [4.69, 9.17) is 11.6 Å². The SMILES string of the molecule is CN1CCC2C(C1)c1cc(Cl)ccc1N2Cc1ccccc1. The van der Waals surface area contributed by atoms with Crippen molar-refractivity contribution in [3.8, 4) is 0 Å². The van der Waals surface area contributed by atoms with E-state index >= 15 is 0 Å². The summed E-state index contributed by atoms with van der Waals surface area (Å²) in [7, 11) is 2.22. The van der Waals surface area contributed by atoms with Crippen LogP contribution in [0.5, 0.6) is 0 Å². The molecule has 0 bridgehead atoms. The minimum Gasteiger partial charge on any atom is -0.363 e. The molecule has 0 N–H and O–H groups in total. The second kappa shape index (κ2) is 5.60. The summed E-state index contributed by atoms with van der Waals surface area (Å²) in [5.41, 5.74) is 4.18. The molecule has 2 aliphatic rings. The molecule has 2 aliphatic heterocycles. The lowest BCUT2D eigenvalue weighted by atomic mass is 9.89. The van der Waals surface area contributed by atoms with Crippen molar-refractivity contribution in [1.82, 2.24) is 4.90 Å². The van der Waals surface area contributed by atoms with E-state index in [2.05, 4.69) is 59.3 Å². The highest BCUT2D eigenvalue weighted by Gasteiger charge is 2.41. The number of hydrogen-bond acceptors (Lipinski definition) is 2. The van der Waals surface area contributed by atoms with E-state index in [1.165, 1.54) is 29.8 Å². The number of rotatable bonds is 2. The Morgan fingerprint density at radius 3 is 2.77 bits per heavy atom. The molecule has 3 heteroatoms. The van der Waals surface area contributed by atoms with Crippen molar-refractivity contribution in [2.45, 2.75) is 24.9 Å². The summed E-state index contributed by atoms with van der Waals surface area (Å²) in [5, 5.41) is 0.854. The zero-order chi connectivity index (χ0) is 15.1. The minimum absolute atomic E-state index is 0.580. The minimum atomic E-state index is 0.580. The Hall–Kier alpha value is -1.51. The summed E-state index contributed by atoms with van der Waals surface area (Å²) in [5.74, 6) is 0.580. The van der Waals surface area contributed by atoms with Crippen molar-refractivity contribution < 1.29 is 0 Å². The van der Waals surface area contributed by atoms with Gasteiger partial charge in [-0.15, -0.1) is 0 Å². The molecule has 1 saturated heterocycles. The smallest absolute Gasteiger partial charge is 0.0432 e. The van der Waals surface area contributed by atoms with Gasteiger partial charge in [-0.2, -0.15) is 0 Å². The topological polar surface area (TPSA) is 6.48 Å². The van der Waals surface area contributed by atoms with Crippen molar-refractivity contribution in [2.24, 2.45) is 0 Å². The molecule has 4 rings (SSSR count). The highest BCUT2D eigenvalue weighted by molar-refractivity contribution is 6.30. The van der Waals surface area contributed by atoms with E-state index in [9.17, 15) is 0 Å². The zero-order valence-corrected chi connectivity index (χ0v) is 13.6. The average Bonchev–Trinajstić information content (AvgIpc) is 2.81. The van der Waals surface area contributed by atoms with Gasteiger partial charge in [0.15, 0.2) is 0 Å². The largest absolute Gasteiger partial charge is 0.363 e. The molecule has 22 heavy (non-hydrogen) atoms. The van der Waals surface area contributed by atoms with Crippen LogP contribution in [0.3, 0.4) is 0 Å². The Labute approximate surface area is 137 Å². The van der Waals surface area contributed by atoms with Crippen molar-refractivity contribution in [3.63, 3.8) is 0 Å². The van der Waals surface area contributed by atoms with Crippen molar-refractivity contribution in [1.29, 1.82) is 0 Å². The molecule has 0 spiro atoms. The molecular weight excluding hydrogens is 292 g/mol. The van der Waals surface area contributed by atoms with Crippen LogP contribution < -0.4 is 4.90 Å². The first-order valence-corrected chi connectivity index (χ1v) is 8.39. The lowest BCUT2D eigenvalue weighted by Gasteiger charge is -2.37. The van der Waals surface area contributed by atoms with Gasteiger partial charge in [0.2, 0.25) is 0 Å². The number of nitrogens with zero attached hydrogens (tertiary/aromatic N) is 2. The Morgan fingerprint density at radius 2 is 1.95 bits per heavy atom. The average molecular weight is 313 g/mol. The van der Waals surface area contributed by atoms with E-state index in [0.29, 0.717) is 12.0 Å². The van der Waals surface area contributed by atoms with Gasteiger partial charge in [0.25, 0.3) is 0 Å². The fourth-order valence-corrected chi connectivity index (χ4v) is 4.21. The second-order valence-electron chi connectivity index (χ2n) is 6.54. The van der Waals surface area contributed by atoms with E-state index < -0.39 is 0 Å². The third kappa shape index (κ3) is 2.41. The molecular formula is C19H21ClN2. The van der Waals surface area contributed by atoms with Gasteiger partial charge in [-0.25, -0.2) is 0 Å². The number of piperidine rings is 1. The Bertz CT molecular complexity index is 670. The maximum atomic E-state index is 6.27. The molecule has 0 saturated carbocycles. The Kier molecular flexibility index (Phi) is 3.59. The van der Waals surface area contributed by atoms with Crippen LogP contribution in [0.1, 0.15) is 23.5 Å². The van der Waals surface area contributed by atoms with Crippen LogP contribution >= 0.6 is 11.6 Å². The van der Waals surface area contributed by atoms with E-state index in [1.807, 2.05) is 6.07 Å². The number of likely N-dealkylation sites (tertiary alicyclic amines) is 1. The van der Waals surface area contributed by atoms with Gasteiger partial charge in [-0.1, -0.05) is 41.9 Å². The maximum absolute atomic E-state index is 6.27. The van der Waals surface area contributed by atoms with Crippen LogP contribution in [0.4, 0.5) is 5.69 Å². The highest BCUT2D eigenvalue weighted by Crippen LogP contribution is 2.46. The van der Waals surface area contributed by atoms with Gasteiger partial charge in [0, 0.05) is 35.8 Å². The number of benzene rings is 2. The summed E-state index contributed by atoms with van der Waals surface area (Å²) < 4.78 is 0. The molecule has 0 aliphatic carbocycles. The lowest BCUT2D eigenvalue weighted by Crippen LogP contribution is -2.44. The fourth-order valence-electron chi connectivity index (χ4n) is 4.03. The number of likely N-dealkylation sites (N-methyl/N-ethyl adjacent to an activating group) is 1. The van der Waals surface area contributed by atoms with Crippen molar-refractivity contribution in [2.75, 3.05) is 25.0 Å². The maximum Gasteiger partial charge on any atom is 0.0432 e. The molecule has 1 fully saturated rings. The molecule has 2 aromatic rings. The first kappa shape index (κ1) is 14.1. The van der Waals surface area contributed by atoms with Crippen LogP contribution in [-0.4, -0.2) is 31.1 Å². The number of halogens is 1. The molecule has 2 unspecified atom stereocenters. The van der Waals surface area contributed by atoms with Crippen LogP contribution in [-0.2, 0) is 6.54 Å². The summed E-state index contributed by atoms with van der Waals surface area (Å²) in [6.45, 7) is 3.29. The molecule has 0 aromatic heterocycles. The van der Waals surface area contributed by atoms with Gasteiger partial charge >= 0.3 is 0 Å². The normalized spacial score (nSPS) is 24.2. The molecule has 114 valence electrons. The monoisotopic (exact) mass is 312 g/mol. The molecule has 2 nitrogen and oxygen atoms in total. The number of anilines is 1. The molecule has 2 aromatic carbocycles. The van der Waals surface area contributed by atoms with E-state index in [1.54, 1.807) is 0 Å². The standard InChI is InChI=1S/C19H21ClN2/c1-21-10-9-19-17(13-21)16-11-15(20)7-8-18(16)22(19)12-14-5-3-2-4-6-14/h2-8,11,17,19H,9-10,12-13H2,1H3. The Morgan fingerprint density at radius 1 is 1.14 bits per heavy atom. The second-order valence-corrected chi connectivity index (χ2v) is 6.98. The van der Waals surface area contributed by atoms with Crippen molar-refractivity contribution >= 4 is 17.3 Å². The van der Waals surface area contributed by atoms with Crippen LogP contribution in [0.15, 0.2) is 48.5 Å². The predicted molar refractivity (Wildman–Crippen MR) is 92.7 cm³/mol. The van der Waals surface area contributed by atoms with Crippen molar-refractivity contribution in [3.05, 3.63) is 64.7 Å². The first-order valence-electron chi connectivity index (χ1n) is 8.01. The third-order valence-electron chi connectivity index (χ3n) is 5.07. The fraction of sp³-hybridized carbons (Fsp3) is 0.368. The lowest BCUT2D eigenvalue weighted by molar-refractivity contribution is 0.231. The van der Waals surface area contributed by atoms with E-state index in [-0.39, 0.29) is 0 Å². The Balaban J connectivity index is 1.72. The molecule has 0 amide bonds. The summed E-state index contributed by atoms with van der Waals surface area (Å²) in [4.78, 5) is 5.04. The zero-order valence-electron chi connectivity index (χ0n) is 12.9. The molecule has 0 radical (unpaired) electrons. The van der Waals surface area contributed by atoms with E-state index in [0.717, 1.165) is 18.1 Å². The van der Waals surface area contributed by atoms with Crippen LogP contribution in [0.2, 0.25) is 5.02 Å². The summed E-state index contributed by atoms with van der Waals surface area (Å²) >= 11 is 6.27. The van der Waals surface area contributed by atoms with Gasteiger partial charge in [-0.3, -0.25) is 0 Å². The number of hydrogen-bond donors (Lipinski definition) is 0. The van der Waals surface area contributed by atoms with Gasteiger partial charge < -0.3 is 9.80 Å². The highest BCUT2D eigenvalue weighted by atomic mass is 35.5. The number of fused-ring (bicyclic) bond motifs is 3. The first-order chi connectivity index (χ1) is 10.7. The van der Waals surface area contributed by atoms with Crippen LogP contribution in [0.25, 0.3) is 0 Å². The van der Waals surface area contributed by atoms with Gasteiger partial charge in [0.1, 0.15) is 0 Å². The molecule has 2 atom stereocenters. The summed E-state index contributed by atoms with van der Waals surface area (Å²) in [6, 6.07) is 17.8. The van der Waals surface area contributed by atoms with Crippen LogP contribution in [0, 0.1) is 0 Å². The quantitative estimate of drug-likeness (QED) is 0.822. The predicted octanol–water partition coefficient (Wildman–Crippen LogP) is 4.15. The third-order valence-corrected chi connectivity index (χ3v) is 5.31. The van der Waals surface area contributed by atoms with Gasteiger partial charge in [0.05, 0.1) is 0 Å². The molecule has 2 heterocycles. The van der Waals surface area contributed by atoms with Gasteiger partial charge in [-0.05, 0) is 49.3 Å². The summed E-state index contributed by atoms with van der Waals surface area (Å²) in [6.07, 6.45) is 1.22.